The van der Waals surface area contributed by atoms with Gasteiger partial charge >= 0.3 is 0 Å². The van der Waals surface area contributed by atoms with E-state index < -0.39 is 0 Å². The van der Waals surface area contributed by atoms with Crippen LogP contribution in [0.2, 0.25) is 0 Å². The van der Waals surface area contributed by atoms with Crippen molar-refractivity contribution in [3.05, 3.63) is 11.6 Å². The third kappa shape index (κ3) is 1.12. The SMILES string of the molecule is CC1=CC(C)(C)NC1=O. The van der Waals surface area contributed by atoms with Gasteiger partial charge in [-0.25, -0.2) is 0 Å². The van der Waals surface area contributed by atoms with Gasteiger partial charge in [0, 0.05) is 5.57 Å². The maximum Gasteiger partial charge on any atom is 0.247 e. The Morgan fingerprint density at radius 3 is 2.22 bits per heavy atom. The van der Waals surface area contributed by atoms with Crippen LogP contribution in [0.15, 0.2) is 11.6 Å². The van der Waals surface area contributed by atoms with Gasteiger partial charge in [-0.05, 0) is 20.8 Å². The van der Waals surface area contributed by atoms with E-state index in [1.54, 1.807) is 0 Å². The molecule has 2 nitrogen and oxygen atoms in total. The smallest absolute Gasteiger partial charge is 0.247 e. The third-order valence-corrected chi connectivity index (χ3v) is 1.37. The van der Waals surface area contributed by atoms with E-state index in [-0.39, 0.29) is 11.4 Å². The van der Waals surface area contributed by atoms with Crippen molar-refractivity contribution in [1.29, 1.82) is 0 Å². The largest absolute Gasteiger partial charge is 0.344 e. The lowest BCUT2D eigenvalue weighted by Gasteiger charge is -2.14. The highest BCUT2D eigenvalue weighted by molar-refractivity contribution is 5.96. The van der Waals surface area contributed by atoms with E-state index in [1.807, 2.05) is 26.8 Å². The molecule has 0 aromatic heterocycles. The Morgan fingerprint density at radius 2 is 2.11 bits per heavy atom. The van der Waals surface area contributed by atoms with E-state index in [4.69, 9.17) is 0 Å². The minimum absolute atomic E-state index is 0.0556. The normalized spacial score (nSPS) is 23.4. The highest BCUT2D eigenvalue weighted by atomic mass is 16.2. The molecule has 0 saturated carbocycles. The lowest BCUT2D eigenvalue weighted by atomic mass is 10.1. The molecular weight excluding hydrogens is 114 g/mol. The molecule has 0 atom stereocenters. The first kappa shape index (κ1) is 6.33. The monoisotopic (exact) mass is 125 g/mol. The molecule has 0 bridgehead atoms. The third-order valence-electron chi connectivity index (χ3n) is 1.37. The molecular formula is C7H11NO. The molecule has 1 aliphatic heterocycles. The van der Waals surface area contributed by atoms with Crippen molar-refractivity contribution in [1.82, 2.24) is 5.32 Å². The first-order valence-electron chi connectivity index (χ1n) is 3.03. The van der Waals surface area contributed by atoms with Crippen LogP contribution in [0.5, 0.6) is 0 Å². The Labute approximate surface area is 54.9 Å². The van der Waals surface area contributed by atoms with Gasteiger partial charge in [0.1, 0.15) is 0 Å². The molecule has 0 aliphatic carbocycles. The van der Waals surface area contributed by atoms with E-state index in [0.29, 0.717) is 0 Å². The van der Waals surface area contributed by atoms with Gasteiger partial charge in [-0.2, -0.15) is 0 Å². The molecule has 0 aromatic carbocycles. The molecule has 1 N–H and O–H groups in total. The first-order valence-corrected chi connectivity index (χ1v) is 3.03. The van der Waals surface area contributed by atoms with E-state index in [0.717, 1.165) is 5.57 Å². The van der Waals surface area contributed by atoms with Gasteiger partial charge in [0.05, 0.1) is 5.54 Å². The zero-order valence-corrected chi connectivity index (χ0v) is 5.99. The predicted molar refractivity (Wildman–Crippen MR) is 36.0 cm³/mol. The van der Waals surface area contributed by atoms with Gasteiger partial charge in [0.2, 0.25) is 5.91 Å². The molecule has 9 heavy (non-hydrogen) atoms. The summed E-state index contributed by atoms with van der Waals surface area (Å²) in [7, 11) is 0. The first-order chi connectivity index (χ1) is 4.01. The van der Waals surface area contributed by atoms with Crippen molar-refractivity contribution in [2.75, 3.05) is 0 Å². The summed E-state index contributed by atoms with van der Waals surface area (Å²) in [6.45, 7) is 5.77. The fraction of sp³-hybridized carbons (Fsp3) is 0.571. The van der Waals surface area contributed by atoms with Crippen LogP contribution >= 0.6 is 0 Å². The van der Waals surface area contributed by atoms with Crippen LogP contribution < -0.4 is 5.32 Å². The minimum Gasteiger partial charge on any atom is -0.344 e. The molecule has 1 rings (SSSR count). The molecule has 0 spiro atoms. The summed E-state index contributed by atoms with van der Waals surface area (Å²) in [6, 6.07) is 0. The Kier molecular flexibility index (Phi) is 1.12. The molecule has 0 aromatic rings. The van der Waals surface area contributed by atoms with Crippen LogP contribution in [-0.2, 0) is 4.79 Å². The number of hydrogen-bond acceptors (Lipinski definition) is 1. The second kappa shape index (κ2) is 1.59. The number of amides is 1. The Morgan fingerprint density at radius 1 is 1.56 bits per heavy atom. The number of rotatable bonds is 0. The quantitative estimate of drug-likeness (QED) is 0.510. The fourth-order valence-electron chi connectivity index (χ4n) is 1.03. The van der Waals surface area contributed by atoms with Crippen LogP contribution in [0.1, 0.15) is 20.8 Å². The zero-order valence-electron chi connectivity index (χ0n) is 5.99. The van der Waals surface area contributed by atoms with Gasteiger partial charge in [-0.1, -0.05) is 6.08 Å². The van der Waals surface area contributed by atoms with Gasteiger partial charge in [0.15, 0.2) is 0 Å². The number of nitrogens with one attached hydrogen (secondary N) is 1. The molecule has 1 aliphatic rings. The molecule has 0 saturated heterocycles. The zero-order chi connectivity index (χ0) is 7.07. The molecule has 1 amide bonds. The number of carbonyl (C=O) groups is 1. The second-order valence-electron chi connectivity index (χ2n) is 3.00. The van der Waals surface area contributed by atoms with Gasteiger partial charge in [0.25, 0.3) is 0 Å². The van der Waals surface area contributed by atoms with Crippen LogP contribution in [0.3, 0.4) is 0 Å². The second-order valence-corrected chi connectivity index (χ2v) is 3.00. The molecule has 0 unspecified atom stereocenters. The van der Waals surface area contributed by atoms with E-state index in [1.165, 1.54) is 0 Å². The van der Waals surface area contributed by atoms with Crippen molar-refractivity contribution in [3.8, 4) is 0 Å². The molecule has 0 fully saturated rings. The van der Waals surface area contributed by atoms with Crippen LogP contribution in [0.4, 0.5) is 0 Å². The summed E-state index contributed by atoms with van der Waals surface area (Å²) in [5, 5.41) is 2.81. The van der Waals surface area contributed by atoms with Crippen LogP contribution in [-0.4, -0.2) is 11.4 Å². The number of carbonyl (C=O) groups excluding carboxylic acids is 1. The Hall–Kier alpha value is -0.790. The lowest BCUT2D eigenvalue weighted by Crippen LogP contribution is -2.35. The highest BCUT2D eigenvalue weighted by Crippen LogP contribution is 2.15. The maximum absolute atomic E-state index is 10.8. The van der Waals surface area contributed by atoms with Gasteiger partial charge < -0.3 is 5.32 Å². The highest BCUT2D eigenvalue weighted by Gasteiger charge is 2.25. The predicted octanol–water partition coefficient (Wildman–Crippen LogP) is 0.841. The van der Waals surface area contributed by atoms with Crippen LogP contribution in [0, 0.1) is 0 Å². The Bertz CT molecular complexity index is 179. The molecule has 1 heterocycles. The van der Waals surface area contributed by atoms with E-state index in [2.05, 4.69) is 5.32 Å². The average molecular weight is 125 g/mol. The fourth-order valence-corrected chi connectivity index (χ4v) is 1.03. The standard InChI is InChI=1S/C7H11NO/c1-5-4-7(2,3)8-6(5)9/h4H,1-3H3,(H,8,9). The summed E-state index contributed by atoms with van der Waals surface area (Å²) in [6.07, 6.45) is 1.94. The minimum atomic E-state index is -0.124. The van der Waals surface area contributed by atoms with Crippen molar-refractivity contribution >= 4 is 5.91 Å². The summed E-state index contributed by atoms with van der Waals surface area (Å²) in [5.41, 5.74) is 0.696. The van der Waals surface area contributed by atoms with Crippen molar-refractivity contribution in [2.45, 2.75) is 26.3 Å². The molecule has 2 heteroatoms. The topological polar surface area (TPSA) is 29.1 Å². The van der Waals surface area contributed by atoms with Crippen LogP contribution in [0.25, 0.3) is 0 Å². The van der Waals surface area contributed by atoms with Gasteiger partial charge in [-0.15, -0.1) is 0 Å². The van der Waals surface area contributed by atoms with Crippen molar-refractivity contribution in [3.63, 3.8) is 0 Å². The Balaban J connectivity index is 2.86. The number of hydrogen-bond donors (Lipinski definition) is 1. The summed E-state index contributed by atoms with van der Waals surface area (Å²) in [4.78, 5) is 10.8. The molecule has 0 radical (unpaired) electrons. The summed E-state index contributed by atoms with van der Waals surface area (Å²) >= 11 is 0. The van der Waals surface area contributed by atoms with Gasteiger partial charge in [-0.3, -0.25) is 4.79 Å². The average Bonchev–Trinajstić information content (AvgIpc) is 1.79. The summed E-state index contributed by atoms with van der Waals surface area (Å²) in [5.74, 6) is 0.0556. The lowest BCUT2D eigenvalue weighted by molar-refractivity contribution is -0.117. The maximum atomic E-state index is 10.8. The van der Waals surface area contributed by atoms with Crippen molar-refractivity contribution in [2.24, 2.45) is 0 Å². The summed E-state index contributed by atoms with van der Waals surface area (Å²) < 4.78 is 0. The molecule has 50 valence electrons. The van der Waals surface area contributed by atoms with E-state index in [9.17, 15) is 4.79 Å². The van der Waals surface area contributed by atoms with E-state index >= 15 is 0 Å². The van der Waals surface area contributed by atoms with Crippen molar-refractivity contribution < 1.29 is 4.79 Å².